The zero-order valence-corrected chi connectivity index (χ0v) is 10.2. The number of hydrogen-bond donors (Lipinski definition) is 1. The van der Waals surface area contributed by atoms with Crippen LogP contribution in [0.5, 0.6) is 0 Å². The highest BCUT2D eigenvalue weighted by atomic mass is 16.6. The molecule has 6 heteroatoms. The Balaban J connectivity index is 2.39. The Hall–Kier alpha value is -3.02. The van der Waals surface area contributed by atoms with Gasteiger partial charge in [-0.1, -0.05) is 24.3 Å². The number of H-pyrrole nitrogens is 1. The molecule has 2 aromatic carbocycles. The average molecular weight is 267 g/mol. The number of hydrogen-bond acceptors (Lipinski definition) is 4. The van der Waals surface area contributed by atoms with Crippen molar-refractivity contribution in [2.24, 2.45) is 0 Å². The molecular weight excluding hydrogens is 258 g/mol. The van der Waals surface area contributed by atoms with Crippen LogP contribution in [0.25, 0.3) is 22.0 Å². The summed E-state index contributed by atoms with van der Waals surface area (Å²) in [6, 6.07) is 11.4. The second-order valence-corrected chi connectivity index (χ2v) is 4.21. The predicted octanol–water partition coefficient (Wildman–Crippen LogP) is 2.50. The molecule has 20 heavy (non-hydrogen) atoms. The van der Waals surface area contributed by atoms with E-state index in [0.29, 0.717) is 22.0 Å². The van der Waals surface area contributed by atoms with Gasteiger partial charge in [0.2, 0.25) is 0 Å². The molecule has 0 amide bonds. The van der Waals surface area contributed by atoms with Gasteiger partial charge in [0.1, 0.15) is 0 Å². The maximum absolute atomic E-state index is 11.8. The molecule has 0 bridgehead atoms. The van der Waals surface area contributed by atoms with E-state index in [2.05, 4.69) is 9.97 Å². The van der Waals surface area contributed by atoms with E-state index in [1.807, 2.05) is 0 Å². The number of rotatable bonds is 2. The van der Waals surface area contributed by atoms with Gasteiger partial charge in [0.15, 0.2) is 0 Å². The van der Waals surface area contributed by atoms with Crippen molar-refractivity contribution in [1.29, 1.82) is 0 Å². The molecule has 0 unspecified atom stereocenters. The number of benzene rings is 2. The summed E-state index contributed by atoms with van der Waals surface area (Å²) < 4.78 is 0. The topological polar surface area (TPSA) is 88.9 Å². The first kappa shape index (κ1) is 12.0. The molecule has 0 fully saturated rings. The Morgan fingerprint density at radius 1 is 1.05 bits per heavy atom. The molecule has 0 saturated heterocycles. The van der Waals surface area contributed by atoms with Crippen molar-refractivity contribution in [3.63, 3.8) is 0 Å². The number of nitrogens with one attached hydrogen (secondary N) is 1. The van der Waals surface area contributed by atoms with Crippen LogP contribution in [0.1, 0.15) is 0 Å². The maximum atomic E-state index is 11.8. The lowest BCUT2D eigenvalue weighted by Crippen LogP contribution is -2.06. The zero-order valence-electron chi connectivity index (χ0n) is 10.2. The molecule has 1 aromatic heterocycles. The van der Waals surface area contributed by atoms with Gasteiger partial charge in [0, 0.05) is 11.6 Å². The van der Waals surface area contributed by atoms with E-state index in [0.717, 1.165) is 0 Å². The van der Waals surface area contributed by atoms with E-state index in [1.54, 1.807) is 36.4 Å². The number of nitro groups is 1. The molecule has 0 atom stereocenters. The molecule has 0 saturated carbocycles. The quantitative estimate of drug-likeness (QED) is 0.570. The molecule has 1 heterocycles. The highest BCUT2D eigenvalue weighted by molar-refractivity contribution is 5.95. The molecular formula is C14H9N3O3. The van der Waals surface area contributed by atoms with Crippen LogP contribution in [0, 0.1) is 10.1 Å². The minimum Gasteiger partial charge on any atom is -0.313 e. The Bertz CT molecular complexity index is 871. The fourth-order valence-electron chi connectivity index (χ4n) is 2.18. The van der Waals surface area contributed by atoms with Crippen molar-refractivity contribution < 1.29 is 4.92 Å². The van der Waals surface area contributed by atoms with Gasteiger partial charge in [-0.3, -0.25) is 14.9 Å². The third-order valence-corrected chi connectivity index (χ3v) is 3.06. The smallest absolute Gasteiger partial charge is 0.277 e. The first-order valence-corrected chi connectivity index (χ1v) is 5.88. The number of fused-ring (bicyclic) bond motifs is 1. The summed E-state index contributed by atoms with van der Waals surface area (Å²) in [7, 11) is 0. The van der Waals surface area contributed by atoms with Crippen molar-refractivity contribution in [1.82, 2.24) is 9.97 Å². The molecule has 98 valence electrons. The van der Waals surface area contributed by atoms with Crippen molar-refractivity contribution in [3.8, 4) is 11.1 Å². The highest BCUT2D eigenvalue weighted by Gasteiger charge is 2.17. The predicted molar refractivity (Wildman–Crippen MR) is 74.5 cm³/mol. The Morgan fingerprint density at radius 2 is 1.80 bits per heavy atom. The molecule has 3 aromatic rings. The molecule has 0 aliphatic carbocycles. The van der Waals surface area contributed by atoms with E-state index in [1.165, 1.54) is 12.4 Å². The van der Waals surface area contributed by atoms with E-state index in [4.69, 9.17) is 0 Å². The highest BCUT2D eigenvalue weighted by Crippen LogP contribution is 2.32. The van der Waals surface area contributed by atoms with Crippen LogP contribution in [0.3, 0.4) is 0 Å². The fourth-order valence-corrected chi connectivity index (χ4v) is 2.18. The van der Waals surface area contributed by atoms with E-state index in [-0.39, 0.29) is 11.2 Å². The van der Waals surface area contributed by atoms with Crippen molar-refractivity contribution in [2.45, 2.75) is 0 Å². The Kier molecular flexibility index (Phi) is 2.76. The maximum Gasteiger partial charge on any atom is 0.277 e. The summed E-state index contributed by atoms with van der Waals surface area (Å²) >= 11 is 0. The summed E-state index contributed by atoms with van der Waals surface area (Å²) in [6.07, 6.45) is 1.29. The second-order valence-electron chi connectivity index (χ2n) is 4.21. The lowest BCUT2D eigenvalue weighted by Gasteiger charge is -2.05. The first-order chi connectivity index (χ1) is 9.68. The van der Waals surface area contributed by atoms with Gasteiger partial charge in [-0.05, 0) is 12.1 Å². The number of aromatic amines is 1. The number of para-hydroxylation sites is 2. The zero-order chi connectivity index (χ0) is 14.1. The van der Waals surface area contributed by atoms with E-state index in [9.17, 15) is 14.9 Å². The molecule has 0 aliphatic rings. The summed E-state index contributed by atoms with van der Waals surface area (Å²) in [6.45, 7) is 0. The van der Waals surface area contributed by atoms with Crippen LogP contribution >= 0.6 is 0 Å². The minimum atomic E-state index is -0.443. The van der Waals surface area contributed by atoms with E-state index < -0.39 is 4.92 Å². The van der Waals surface area contributed by atoms with Crippen molar-refractivity contribution in [3.05, 3.63) is 69.3 Å². The molecule has 3 rings (SSSR count). The van der Waals surface area contributed by atoms with Crippen LogP contribution in [0.4, 0.5) is 5.69 Å². The number of nitrogens with zero attached hydrogens (tertiary/aromatic N) is 2. The third-order valence-electron chi connectivity index (χ3n) is 3.06. The van der Waals surface area contributed by atoms with Gasteiger partial charge in [0.05, 0.1) is 27.7 Å². The van der Waals surface area contributed by atoms with Crippen molar-refractivity contribution >= 4 is 16.6 Å². The van der Waals surface area contributed by atoms with Gasteiger partial charge in [-0.2, -0.15) is 0 Å². The summed E-state index contributed by atoms with van der Waals surface area (Å²) in [5, 5.41) is 11.5. The largest absolute Gasteiger partial charge is 0.313 e. The molecule has 6 nitrogen and oxygen atoms in total. The second kappa shape index (κ2) is 4.58. The van der Waals surface area contributed by atoms with Crippen LogP contribution in [-0.2, 0) is 0 Å². The standard InChI is InChI=1S/C14H9N3O3/c18-14-11-6-3-5-10(13(11)15-8-16-14)9-4-1-2-7-12(9)17(19)20/h1-8H,(H,15,16,18). The fraction of sp³-hybridized carbons (Fsp3) is 0. The summed E-state index contributed by atoms with van der Waals surface area (Å²) in [5.41, 5.74) is 1.19. The van der Waals surface area contributed by atoms with Gasteiger partial charge in [0.25, 0.3) is 11.2 Å². The van der Waals surface area contributed by atoms with Crippen LogP contribution in [0.2, 0.25) is 0 Å². The molecule has 1 N–H and O–H groups in total. The lowest BCUT2D eigenvalue weighted by atomic mass is 10.0. The monoisotopic (exact) mass is 267 g/mol. The van der Waals surface area contributed by atoms with Crippen LogP contribution < -0.4 is 5.56 Å². The first-order valence-electron chi connectivity index (χ1n) is 5.88. The third kappa shape index (κ3) is 1.83. The number of nitro benzene ring substituents is 1. The van der Waals surface area contributed by atoms with Gasteiger partial charge in [-0.15, -0.1) is 0 Å². The normalized spacial score (nSPS) is 10.6. The number of aromatic nitrogens is 2. The minimum absolute atomic E-state index is 0.0120. The molecule has 0 spiro atoms. The summed E-state index contributed by atoms with van der Waals surface area (Å²) in [4.78, 5) is 29.1. The van der Waals surface area contributed by atoms with Crippen LogP contribution in [-0.4, -0.2) is 14.9 Å². The van der Waals surface area contributed by atoms with E-state index >= 15 is 0 Å². The average Bonchev–Trinajstić information content (AvgIpc) is 2.47. The van der Waals surface area contributed by atoms with Gasteiger partial charge < -0.3 is 4.98 Å². The molecule has 0 radical (unpaired) electrons. The van der Waals surface area contributed by atoms with Crippen LogP contribution in [0.15, 0.2) is 53.6 Å². The Morgan fingerprint density at radius 3 is 2.60 bits per heavy atom. The van der Waals surface area contributed by atoms with Crippen molar-refractivity contribution in [2.75, 3.05) is 0 Å². The van der Waals surface area contributed by atoms with Gasteiger partial charge in [-0.25, -0.2) is 4.98 Å². The van der Waals surface area contributed by atoms with Gasteiger partial charge >= 0.3 is 0 Å². The SMILES string of the molecule is O=c1[nH]cnc2c(-c3ccccc3[N+](=O)[O-])cccc12. The summed E-state index contributed by atoms with van der Waals surface area (Å²) in [5.74, 6) is 0. The molecule has 0 aliphatic heterocycles. The Labute approximate surface area is 112 Å². The lowest BCUT2D eigenvalue weighted by molar-refractivity contribution is -0.384.